The molecule has 7 heteroatoms. The summed E-state index contributed by atoms with van der Waals surface area (Å²) < 4.78 is 31.9. The maximum Gasteiger partial charge on any atom is 0.242 e. The number of furan rings is 1. The second-order valence-electron chi connectivity index (χ2n) is 7.38. The highest BCUT2D eigenvalue weighted by molar-refractivity contribution is 7.89. The molecule has 0 saturated heterocycles. The van der Waals surface area contributed by atoms with E-state index in [-0.39, 0.29) is 17.2 Å². The van der Waals surface area contributed by atoms with Crippen molar-refractivity contribution in [2.75, 3.05) is 19.4 Å². The Kier molecular flexibility index (Phi) is 6.43. The molecule has 0 aliphatic rings. The zero-order valence-electron chi connectivity index (χ0n) is 17.6. The second-order valence-corrected chi connectivity index (χ2v) is 9.53. The zero-order valence-corrected chi connectivity index (χ0v) is 18.4. The van der Waals surface area contributed by atoms with E-state index in [4.69, 9.17) is 4.42 Å². The van der Waals surface area contributed by atoms with Gasteiger partial charge in [0.2, 0.25) is 15.9 Å². The lowest BCUT2D eigenvalue weighted by molar-refractivity contribution is -0.116. The molecule has 2 aromatic carbocycles. The number of carbonyl (C=O) groups is 1. The van der Waals surface area contributed by atoms with Crippen molar-refractivity contribution in [3.8, 4) is 11.3 Å². The van der Waals surface area contributed by atoms with E-state index in [0.29, 0.717) is 12.1 Å². The largest absolute Gasteiger partial charge is 0.461 e. The van der Waals surface area contributed by atoms with E-state index in [2.05, 4.69) is 5.32 Å². The van der Waals surface area contributed by atoms with Gasteiger partial charge in [-0.25, -0.2) is 12.7 Å². The molecule has 1 heterocycles. The Bertz CT molecular complexity index is 1150. The molecule has 0 bridgehead atoms. The van der Waals surface area contributed by atoms with Gasteiger partial charge in [0, 0.05) is 38.2 Å². The van der Waals surface area contributed by atoms with Crippen LogP contribution < -0.4 is 5.32 Å². The third kappa shape index (κ3) is 4.80. The fourth-order valence-electron chi connectivity index (χ4n) is 3.04. The molecular formula is C23H26N2O4S. The van der Waals surface area contributed by atoms with Gasteiger partial charge in [-0.05, 0) is 49.2 Å². The first-order valence-electron chi connectivity index (χ1n) is 9.66. The fourth-order valence-corrected chi connectivity index (χ4v) is 4.05. The Hall–Kier alpha value is -2.90. The Morgan fingerprint density at radius 2 is 1.73 bits per heavy atom. The van der Waals surface area contributed by atoms with Crippen molar-refractivity contribution in [3.63, 3.8) is 0 Å². The van der Waals surface area contributed by atoms with Crippen LogP contribution >= 0.6 is 0 Å². The summed E-state index contributed by atoms with van der Waals surface area (Å²) in [5, 5.41) is 2.85. The average molecular weight is 427 g/mol. The highest BCUT2D eigenvalue weighted by Gasteiger charge is 2.20. The molecule has 6 nitrogen and oxygen atoms in total. The highest BCUT2D eigenvalue weighted by atomic mass is 32.2. The third-order valence-corrected chi connectivity index (χ3v) is 6.80. The molecule has 1 aromatic heterocycles. The monoisotopic (exact) mass is 426 g/mol. The van der Waals surface area contributed by atoms with Gasteiger partial charge in [0.25, 0.3) is 0 Å². The van der Waals surface area contributed by atoms with Gasteiger partial charge in [-0.2, -0.15) is 0 Å². The predicted molar refractivity (Wildman–Crippen MR) is 118 cm³/mol. The lowest BCUT2D eigenvalue weighted by Crippen LogP contribution is -2.23. The molecule has 158 valence electrons. The maximum atomic E-state index is 12.5. The first-order valence-corrected chi connectivity index (χ1v) is 11.1. The Labute approximate surface area is 177 Å². The van der Waals surface area contributed by atoms with E-state index in [1.165, 1.54) is 20.2 Å². The minimum absolute atomic E-state index is 0.157. The molecular weight excluding hydrogens is 400 g/mol. The number of rotatable bonds is 7. The summed E-state index contributed by atoms with van der Waals surface area (Å²) in [4.78, 5) is 12.7. The van der Waals surface area contributed by atoms with Crippen LogP contribution in [0.15, 0.2) is 63.9 Å². The first kappa shape index (κ1) is 21.8. The molecule has 0 unspecified atom stereocenters. The number of amides is 1. The van der Waals surface area contributed by atoms with Crippen LogP contribution in [0.3, 0.4) is 0 Å². The van der Waals surface area contributed by atoms with Crippen molar-refractivity contribution in [1.29, 1.82) is 0 Å². The normalized spacial score (nSPS) is 11.6. The van der Waals surface area contributed by atoms with Crippen LogP contribution in [-0.2, 0) is 21.2 Å². The van der Waals surface area contributed by atoms with Gasteiger partial charge in [-0.1, -0.05) is 30.3 Å². The number of sulfonamides is 1. The van der Waals surface area contributed by atoms with Crippen molar-refractivity contribution >= 4 is 21.6 Å². The molecule has 0 spiro atoms. The van der Waals surface area contributed by atoms with E-state index in [0.717, 1.165) is 32.5 Å². The van der Waals surface area contributed by atoms with Gasteiger partial charge < -0.3 is 9.73 Å². The topological polar surface area (TPSA) is 79.6 Å². The Balaban J connectivity index is 1.70. The number of hydrogen-bond acceptors (Lipinski definition) is 4. The molecule has 30 heavy (non-hydrogen) atoms. The molecule has 0 aliphatic heterocycles. The third-order valence-electron chi connectivity index (χ3n) is 5.01. The Morgan fingerprint density at radius 3 is 2.40 bits per heavy atom. The van der Waals surface area contributed by atoms with Gasteiger partial charge in [0.05, 0.1) is 4.90 Å². The standard InChI is InChI=1S/C23H26N2O4S/c1-16-14-20(30(27,28)25(3)4)15-21(17(16)2)24-23(26)13-11-19-10-12-22(29-19)18-8-6-5-7-9-18/h5-10,12,14-15H,11,13H2,1-4H3,(H,24,26). The average Bonchev–Trinajstić information content (AvgIpc) is 3.19. The number of anilines is 1. The SMILES string of the molecule is Cc1cc(S(=O)(=O)N(C)C)cc(NC(=O)CCc2ccc(-c3ccccc3)o2)c1C. The predicted octanol–water partition coefficient (Wildman–Crippen LogP) is 4.39. The zero-order chi connectivity index (χ0) is 21.9. The van der Waals surface area contributed by atoms with Crippen LogP contribution in [0.25, 0.3) is 11.3 Å². The van der Waals surface area contributed by atoms with Crippen LogP contribution in [-0.4, -0.2) is 32.7 Å². The lowest BCUT2D eigenvalue weighted by atomic mass is 10.1. The molecule has 1 N–H and O–H groups in total. The number of benzene rings is 2. The summed E-state index contributed by atoms with van der Waals surface area (Å²) >= 11 is 0. The van der Waals surface area contributed by atoms with Gasteiger partial charge in [0.1, 0.15) is 11.5 Å². The van der Waals surface area contributed by atoms with Gasteiger partial charge in [-0.15, -0.1) is 0 Å². The van der Waals surface area contributed by atoms with Gasteiger partial charge in [0.15, 0.2) is 0 Å². The molecule has 3 aromatic rings. The molecule has 0 radical (unpaired) electrons. The quantitative estimate of drug-likeness (QED) is 0.608. The second kappa shape index (κ2) is 8.85. The van der Waals surface area contributed by atoms with E-state index in [1.54, 1.807) is 6.07 Å². The number of carbonyl (C=O) groups excluding carboxylic acids is 1. The van der Waals surface area contributed by atoms with Crippen molar-refractivity contribution < 1.29 is 17.6 Å². The van der Waals surface area contributed by atoms with Crippen molar-refractivity contribution in [1.82, 2.24) is 4.31 Å². The van der Waals surface area contributed by atoms with E-state index in [9.17, 15) is 13.2 Å². The fraction of sp³-hybridized carbons (Fsp3) is 0.261. The molecule has 1 amide bonds. The molecule has 0 atom stereocenters. The van der Waals surface area contributed by atoms with Gasteiger partial charge >= 0.3 is 0 Å². The maximum absolute atomic E-state index is 12.5. The van der Waals surface area contributed by atoms with Crippen molar-refractivity contribution in [3.05, 3.63) is 71.5 Å². The minimum Gasteiger partial charge on any atom is -0.461 e. The molecule has 0 saturated carbocycles. The molecule has 0 fully saturated rings. The van der Waals surface area contributed by atoms with E-state index < -0.39 is 10.0 Å². The summed E-state index contributed by atoms with van der Waals surface area (Å²) in [7, 11) is -0.622. The number of aryl methyl sites for hydroxylation is 2. The minimum atomic E-state index is -3.59. The van der Waals surface area contributed by atoms with Crippen molar-refractivity contribution in [2.24, 2.45) is 0 Å². The first-order chi connectivity index (χ1) is 14.2. The van der Waals surface area contributed by atoms with Crippen LogP contribution in [0.1, 0.15) is 23.3 Å². The van der Waals surface area contributed by atoms with E-state index in [1.807, 2.05) is 56.3 Å². The van der Waals surface area contributed by atoms with Gasteiger partial charge in [-0.3, -0.25) is 4.79 Å². The molecule has 0 aliphatic carbocycles. The summed E-state index contributed by atoms with van der Waals surface area (Å²) in [5.74, 6) is 1.29. The molecule has 3 rings (SSSR count). The van der Waals surface area contributed by atoms with E-state index >= 15 is 0 Å². The summed E-state index contributed by atoms with van der Waals surface area (Å²) in [6, 6.07) is 16.7. The van der Waals surface area contributed by atoms with Crippen LogP contribution in [0.2, 0.25) is 0 Å². The number of nitrogens with one attached hydrogen (secondary N) is 1. The van der Waals surface area contributed by atoms with Crippen LogP contribution in [0.4, 0.5) is 5.69 Å². The highest BCUT2D eigenvalue weighted by Crippen LogP contribution is 2.26. The summed E-state index contributed by atoms with van der Waals surface area (Å²) in [5.41, 5.74) is 3.13. The smallest absolute Gasteiger partial charge is 0.242 e. The summed E-state index contributed by atoms with van der Waals surface area (Å²) in [6.07, 6.45) is 0.678. The lowest BCUT2D eigenvalue weighted by Gasteiger charge is -2.16. The van der Waals surface area contributed by atoms with Crippen molar-refractivity contribution in [2.45, 2.75) is 31.6 Å². The van der Waals surface area contributed by atoms with Crippen LogP contribution in [0, 0.1) is 13.8 Å². The number of hydrogen-bond donors (Lipinski definition) is 1. The summed E-state index contributed by atoms with van der Waals surface area (Å²) in [6.45, 7) is 3.68. The van der Waals surface area contributed by atoms with Crippen LogP contribution in [0.5, 0.6) is 0 Å². The Morgan fingerprint density at radius 1 is 1.03 bits per heavy atom. The number of nitrogens with zero attached hydrogens (tertiary/aromatic N) is 1.